The Kier molecular flexibility index (Phi) is 5.95. The van der Waals surface area contributed by atoms with E-state index in [1.165, 1.54) is 34.9 Å². The second-order valence-corrected chi connectivity index (χ2v) is 6.92. The monoisotopic (exact) mass is 286 g/mol. The Labute approximate surface area is 118 Å². The van der Waals surface area contributed by atoms with Gasteiger partial charge in [-0.15, -0.1) is 11.3 Å². The molecule has 1 aliphatic heterocycles. The topological polar surface area (TPSA) is 34.2 Å². The molecule has 1 aliphatic rings. The first kappa shape index (κ1) is 14.3. The Balaban J connectivity index is 2.09. The molecule has 0 spiro atoms. The quantitative estimate of drug-likeness (QED) is 0.869. The third-order valence-corrected chi connectivity index (χ3v) is 5.81. The summed E-state index contributed by atoms with van der Waals surface area (Å²) in [6.07, 6.45) is 3.99. The molecule has 1 aromatic rings. The summed E-state index contributed by atoms with van der Waals surface area (Å²) in [6.45, 7) is 4.69. The van der Waals surface area contributed by atoms with E-state index in [4.69, 9.17) is 9.72 Å². The molecular formula is C13H22N2OS2. The van der Waals surface area contributed by atoms with Crippen molar-refractivity contribution in [1.29, 1.82) is 0 Å². The summed E-state index contributed by atoms with van der Waals surface area (Å²) in [7, 11) is 1.74. The lowest BCUT2D eigenvalue weighted by molar-refractivity contribution is 0.181. The Bertz CT molecular complexity index is 362. The number of hydrogen-bond acceptors (Lipinski definition) is 5. The smallest absolute Gasteiger partial charge is 0.106 e. The van der Waals surface area contributed by atoms with E-state index >= 15 is 0 Å². The lowest BCUT2D eigenvalue weighted by Crippen LogP contribution is -2.12. The molecular weight excluding hydrogens is 264 g/mol. The zero-order chi connectivity index (χ0) is 12.8. The van der Waals surface area contributed by atoms with Crippen molar-refractivity contribution >= 4 is 23.1 Å². The molecule has 0 aromatic carbocycles. The number of nitrogens with one attached hydrogen (secondary N) is 1. The van der Waals surface area contributed by atoms with Gasteiger partial charge in [-0.1, -0.05) is 13.3 Å². The normalized spacial score (nSPS) is 20.2. The predicted molar refractivity (Wildman–Crippen MR) is 79.3 cm³/mol. The van der Waals surface area contributed by atoms with Crippen LogP contribution in [0.2, 0.25) is 0 Å². The summed E-state index contributed by atoms with van der Waals surface area (Å²) >= 11 is 3.94. The van der Waals surface area contributed by atoms with Crippen LogP contribution in [0.5, 0.6) is 0 Å². The molecule has 18 heavy (non-hydrogen) atoms. The molecule has 2 heterocycles. The van der Waals surface area contributed by atoms with E-state index in [1.807, 2.05) is 11.3 Å². The zero-order valence-electron chi connectivity index (χ0n) is 11.2. The minimum Gasteiger partial charge on any atom is -0.378 e. The highest BCUT2D eigenvalue weighted by Gasteiger charge is 2.21. The Morgan fingerprint density at radius 3 is 3.00 bits per heavy atom. The molecule has 2 rings (SSSR count). The molecule has 1 aromatic heterocycles. The molecule has 0 aliphatic carbocycles. The summed E-state index contributed by atoms with van der Waals surface area (Å²) in [6, 6.07) is 0. The fourth-order valence-corrected chi connectivity index (χ4v) is 4.69. The van der Waals surface area contributed by atoms with Gasteiger partial charge in [0.2, 0.25) is 0 Å². The molecule has 102 valence electrons. The van der Waals surface area contributed by atoms with Crippen molar-refractivity contribution in [2.24, 2.45) is 0 Å². The third-order valence-electron chi connectivity index (χ3n) is 3.07. The Morgan fingerprint density at radius 2 is 2.33 bits per heavy atom. The summed E-state index contributed by atoms with van der Waals surface area (Å²) in [5.41, 5.74) is 1.13. The van der Waals surface area contributed by atoms with Gasteiger partial charge in [0.1, 0.15) is 5.01 Å². The maximum Gasteiger partial charge on any atom is 0.106 e. The molecule has 0 radical (unpaired) electrons. The first-order valence-corrected chi connectivity index (χ1v) is 8.51. The molecule has 0 bridgehead atoms. The number of hydrogen-bond donors (Lipinski definition) is 1. The molecule has 0 amide bonds. The van der Waals surface area contributed by atoms with Crippen molar-refractivity contribution in [3.05, 3.63) is 15.6 Å². The number of thioether (sulfide) groups is 1. The largest absolute Gasteiger partial charge is 0.378 e. The number of aromatic nitrogens is 1. The number of methoxy groups -OCH3 is 1. The van der Waals surface area contributed by atoms with Gasteiger partial charge in [-0.05, 0) is 25.1 Å². The molecule has 1 N–H and O–H groups in total. The van der Waals surface area contributed by atoms with Gasteiger partial charge in [-0.2, -0.15) is 11.8 Å². The third kappa shape index (κ3) is 3.70. The lowest BCUT2D eigenvalue weighted by atomic mass is 10.2. The van der Waals surface area contributed by atoms with Gasteiger partial charge < -0.3 is 10.1 Å². The van der Waals surface area contributed by atoms with Crippen LogP contribution in [-0.2, 0) is 17.9 Å². The number of nitrogens with zero attached hydrogens (tertiary/aromatic N) is 1. The van der Waals surface area contributed by atoms with Gasteiger partial charge in [0, 0.05) is 18.5 Å². The van der Waals surface area contributed by atoms with Crippen molar-refractivity contribution in [2.45, 2.75) is 44.6 Å². The predicted octanol–water partition coefficient (Wildman–Crippen LogP) is 3.36. The van der Waals surface area contributed by atoms with Crippen LogP contribution < -0.4 is 5.32 Å². The van der Waals surface area contributed by atoms with E-state index in [-0.39, 0.29) is 0 Å². The maximum atomic E-state index is 5.26. The van der Waals surface area contributed by atoms with Gasteiger partial charge in [0.15, 0.2) is 0 Å². The highest BCUT2D eigenvalue weighted by molar-refractivity contribution is 7.99. The zero-order valence-corrected chi connectivity index (χ0v) is 12.8. The number of thiazole rings is 1. The first-order chi connectivity index (χ1) is 8.85. The van der Waals surface area contributed by atoms with Gasteiger partial charge in [-0.3, -0.25) is 0 Å². The van der Waals surface area contributed by atoms with Crippen LogP contribution in [0.15, 0.2) is 0 Å². The lowest BCUT2D eigenvalue weighted by Gasteiger charge is -2.18. The second kappa shape index (κ2) is 7.48. The average Bonchev–Trinajstić information content (AvgIpc) is 2.81. The molecule has 1 unspecified atom stereocenters. The molecule has 1 saturated heterocycles. The Morgan fingerprint density at radius 1 is 1.44 bits per heavy atom. The van der Waals surface area contributed by atoms with Gasteiger partial charge >= 0.3 is 0 Å². The highest BCUT2D eigenvalue weighted by Crippen LogP contribution is 2.40. The standard InChI is InChI=1S/C13H22N2OS2/c1-3-14-8-12-10(9-16-2)15-13(18-12)11-6-4-5-7-17-11/h11,14H,3-9H2,1-2H3. The van der Waals surface area contributed by atoms with Gasteiger partial charge in [-0.25, -0.2) is 4.98 Å². The van der Waals surface area contributed by atoms with E-state index in [0.29, 0.717) is 11.9 Å². The van der Waals surface area contributed by atoms with Crippen molar-refractivity contribution < 1.29 is 4.74 Å². The fourth-order valence-electron chi connectivity index (χ4n) is 2.10. The van der Waals surface area contributed by atoms with Gasteiger partial charge in [0.05, 0.1) is 17.6 Å². The van der Waals surface area contributed by atoms with Crippen molar-refractivity contribution in [3.63, 3.8) is 0 Å². The van der Waals surface area contributed by atoms with Crippen LogP contribution in [0, 0.1) is 0 Å². The van der Waals surface area contributed by atoms with Crippen LogP contribution >= 0.6 is 23.1 Å². The van der Waals surface area contributed by atoms with E-state index in [1.54, 1.807) is 7.11 Å². The van der Waals surface area contributed by atoms with Crippen LogP contribution in [0.4, 0.5) is 0 Å². The SMILES string of the molecule is CCNCc1sc(C2CCCCS2)nc1COC. The summed E-state index contributed by atoms with van der Waals surface area (Å²) < 4.78 is 5.26. The fraction of sp³-hybridized carbons (Fsp3) is 0.769. The van der Waals surface area contributed by atoms with Crippen LogP contribution in [-0.4, -0.2) is 24.4 Å². The van der Waals surface area contributed by atoms with Gasteiger partial charge in [0.25, 0.3) is 0 Å². The molecule has 1 fully saturated rings. The summed E-state index contributed by atoms with van der Waals surface area (Å²) in [5.74, 6) is 1.28. The molecule has 1 atom stereocenters. The van der Waals surface area contributed by atoms with Crippen LogP contribution in [0.1, 0.15) is 47.0 Å². The maximum absolute atomic E-state index is 5.26. The van der Waals surface area contributed by atoms with E-state index in [9.17, 15) is 0 Å². The van der Waals surface area contributed by atoms with E-state index in [2.05, 4.69) is 24.0 Å². The second-order valence-electron chi connectivity index (χ2n) is 4.49. The van der Waals surface area contributed by atoms with Crippen molar-refractivity contribution in [1.82, 2.24) is 10.3 Å². The minimum absolute atomic E-state index is 0.620. The molecule has 3 nitrogen and oxygen atoms in total. The highest BCUT2D eigenvalue weighted by atomic mass is 32.2. The Hall–Kier alpha value is -0.100. The van der Waals surface area contributed by atoms with Crippen LogP contribution in [0.25, 0.3) is 0 Å². The summed E-state index contributed by atoms with van der Waals surface area (Å²) in [4.78, 5) is 6.16. The van der Waals surface area contributed by atoms with E-state index < -0.39 is 0 Å². The molecule has 5 heteroatoms. The minimum atomic E-state index is 0.620. The number of rotatable bonds is 6. The van der Waals surface area contributed by atoms with Crippen molar-refractivity contribution in [2.75, 3.05) is 19.4 Å². The average molecular weight is 286 g/mol. The van der Waals surface area contributed by atoms with Crippen LogP contribution in [0.3, 0.4) is 0 Å². The molecule has 0 saturated carbocycles. The number of ether oxygens (including phenoxy) is 1. The van der Waals surface area contributed by atoms with E-state index in [0.717, 1.165) is 18.8 Å². The summed E-state index contributed by atoms with van der Waals surface area (Å²) in [5, 5.41) is 5.31. The first-order valence-electron chi connectivity index (χ1n) is 6.65. The van der Waals surface area contributed by atoms with Crippen molar-refractivity contribution in [3.8, 4) is 0 Å².